The van der Waals surface area contributed by atoms with Gasteiger partial charge in [0.25, 0.3) is 0 Å². The van der Waals surface area contributed by atoms with E-state index in [0.29, 0.717) is 0 Å². The first kappa shape index (κ1) is 10.0. The minimum atomic E-state index is 0.972. The zero-order chi connectivity index (χ0) is 8.81. The van der Waals surface area contributed by atoms with E-state index in [2.05, 4.69) is 19.2 Å². The highest BCUT2D eigenvalue weighted by Crippen LogP contribution is 2.23. The molecule has 0 aromatic heterocycles. The van der Waals surface area contributed by atoms with Gasteiger partial charge in [0, 0.05) is 0 Å². The van der Waals surface area contributed by atoms with Gasteiger partial charge in [0.2, 0.25) is 0 Å². The highest BCUT2D eigenvalue weighted by molar-refractivity contribution is 4.75. The van der Waals surface area contributed by atoms with E-state index in [-0.39, 0.29) is 0 Å². The van der Waals surface area contributed by atoms with Crippen LogP contribution in [0.2, 0.25) is 0 Å². The summed E-state index contributed by atoms with van der Waals surface area (Å²) in [5, 5.41) is 3.55. The van der Waals surface area contributed by atoms with E-state index < -0.39 is 0 Å². The molecule has 1 heterocycles. The Labute approximate surface area is 76.9 Å². The third kappa shape index (κ3) is 3.14. The van der Waals surface area contributed by atoms with Gasteiger partial charge in [0.1, 0.15) is 0 Å². The number of piperidine rings is 1. The van der Waals surface area contributed by atoms with Gasteiger partial charge in [-0.25, -0.2) is 0 Å². The van der Waals surface area contributed by atoms with Crippen LogP contribution in [0.15, 0.2) is 0 Å². The molecule has 1 heteroatoms. The maximum Gasteiger partial charge on any atom is -0.00203 e. The zero-order valence-corrected chi connectivity index (χ0v) is 8.60. The van der Waals surface area contributed by atoms with Crippen LogP contribution >= 0.6 is 0 Å². The summed E-state index contributed by atoms with van der Waals surface area (Å²) in [7, 11) is 0. The summed E-state index contributed by atoms with van der Waals surface area (Å²) in [5.74, 6) is 1.94. The van der Waals surface area contributed by atoms with E-state index >= 15 is 0 Å². The molecule has 0 amide bonds. The molecule has 1 fully saturated rings. The number of rotatable bonds is 4. The zero-order valence-electron chi connectivity index (χ0n) is 8.60. The van der Waals surface area contributed by atoms with Crippen LogP contribution < -0.4 is 5.32 Å². The van der Waals surface area contributed by atoms with Crippen LogP contribution in [0.1, 0.15) is 46.0 Å². The lowest BCUT2D eigenvalue weighted by Gasteiger charge is -2.29. The topological polar surface area (TPSA) is 12.0 Å². The molecule has 0 aromatic rings. The molecule has 72 valence electrons. The Morgan fingerprint density at radius 1 is 1.00 bits per heavy atom. The van der Waals surface area contributed by atoms with Crippen LogP contribution in [-0.2, 0) is 0 Å². The van der Waals surface area contributed by atoms with Crippen molar-refractivity contribution in [1.29, 1.82) is 0 Å². The van der Waals surface area contributed by atoms with Gasteiger partial charge in [-0.2, -0.15) is 0 Å². The Bertz CT molecular complexity index is 95.6. The standard InChI is InChI=1S/C11H23N/c1-3-5-10-7-11(6-4-2)9-12-8-10/h10-12H,3-9H2,1-2H3. The van der Waals surface area contributed by atoms with Gasteiger partial charge in [-0.05, 0) is 44.2 Å². The van der Waals surface area contributed by atoms with Gasteiger partial charge in [-0.15, -0.1) is 0 Å². The first-order chi connectivity index (χ1) is 5.86. The molecule has 1 N–H and O–H groups in total. The Balaban J connectivity index is 2.20. The second-order valence-corrected chi connectivity index (χ2v) is 4.20. The lowest BCUT2D eigenvalue weighted by molar-refractivity contribution is 0.260. The molecule has 1 rings (SSSR count). The molecule has 0 radical (unpaired) electrons. The predicted octanol–water partition coefficient (Wildman–Crippen LogP) is 2.81. The van der Waals surface area contributed by atoms with Crippen molar-refractivity contribution in [2.45, 2.75) is 46.0 Å². The monoisotopic (exact) mass is 169 g/mol. The van der Waals surface area contributed by atoms with Crippen LogP contribution in [0.25, 0.3) is 0 Å². The van der Waals surface area contributed by atoms with E-state index in [9.17, 15) is 0 Å². The van der Waals surface area contributed by atoms with Crippen molar-refractivity contribution < 1.29 is 0 Å². The van der Waals surface area contributed by atoms with Crippen LogP contribution in [0.5, 0.6) is 0 Å². The van der Waals surface area contributed by atoms with Crippen LogP contribution in [0.3, 0.4) is 0 Å². The number of nitrogens with one attached hydrogen (secondary N) is 1. The minimum Gasteiger partial charge on any atom is -0.316 e. The molecule has 0 spiro atoms. The average Bonchev–Trinajstić information content (AvgIpc) is 2.06. The van der Waals surface area contributed by atoms with Gasteiger partial charge in [-0.1, -0.05) is 26.7 Å². The van der Waals surface area contributed by atoms with Crippen molar-refractivity contribution >= 4 is 0 Å². The van der Waals surface area contributed by atoms with E-state index in [1.54, 1.807) is 0 Å². The Morgan fingerprint density at radius 2 is 1.50 bits per heavy atom. The average molecular weight is 169 g/mol. The number of hydrogen-bond acceptors (Lipinski definition) is 1. The third-order valence-corrected chi connectivity index (χ3v) is 2.93. The molecule has 2 atom stereocenters. The van der Waals surface area contributed by atoms with Crippen LogP contribution in [0.4, 0.5) is 0 Å². The second-order valence-electron chi connectivity index (χ2n) is 4.20. The quantitative estimate of drug-likeness (QED) is 0.682. The summed E-state index contributed by atoms with van der Waals surface area (Å²) in [6.45, 7) is 7.13. The van der Waals surface area contributed by atoms with Crippen molar-refractivity contribution in [3.05, 3.63) is 0 Å². The molecule has 0 saturated carbocycles. The van der Waals surface area contributed by atoms with Gasteiger partial charge in [0.05, 0.1) is 0 Å². The van der Waals surface area contributed by atoms with Crippen molar-refractivity contribution in [3.63, 3.8) is 0 Å². The lowest BCUT2D eigenvalue weighted by Crippen LogP contribution is -2.36. The smallest absolute Gasteiger partial charge is 0.00203 e. The van der Waals surface area contributed by atoms with Crippen molar-refractivity contribution in [2.24, 2.45) is 11.8 Å². The molecule has 0 aliphatic carbocycles. The summed E-state index contributed by atoms with van der Waals surface area (Å²) in [5.41, 5.74) is 0. The fourth-order valence-corrected chi connectivity index (χ4v) is 2.39. The molecule has 1 aliphatic rings. The van der Waals surface area contributed by atoms with Gasteiger partial charge < -0.3 is 5.32 Å². The van der Waals surface area contributed by atoms with Gasteiger partial charge in [-0.3, -0.25) is 0 Å². The van der Waals surface area contributed by atoms with Gasteiger partial charge >= 0.3 is 0 Å². The number of hydrogen-bond donors (Lipinski definition) is 1. The normalized spacial score (nSPS) is 30.5. The molecular formula is C11H23N. The summed E-state index contributed by atoms with van der Waals surface area (Å²) >= 11 is 0. The third-order valence-electron chi connectivity index (χ3n) is 2.93. The van der Waals surface area contributed by atoms with Gasteiger partial charge in [0.15, 0.2) is 0 Å². The summed E-state index contributed by atoms with van der Waals surface area (Å²) in [6.07, 6.45) is 7.03. The van der Waals surface area contributed by atoms with E-state index in [0.717, 1.165) is 11.8 Å². The second kappa shape index (κ2) is 5.58. The molecule has 2 unspecified atom stereocenters. The molecule has 0 bridgehead atoms. The van der Waals surface area contributed by atoms with E-state index in [1.165, 1.54) is 45.2 Å². The summed E-state index contributed by atoms with van der Waals surface area (Å²) in [4.78, 5) is 0. The fraction of sp³-hybridized carbons (Fsp3) is 1.00. The lowest BCUT2D eigenvalue weighted by atomic mass is 9.85. The van der Waals surface area contributed by atoms with Crippen molar-refractivity contribution in [2.75, 3.05) is 13.1 Å². The van der Waals surface area contributed by atoms with E-state index in [1.807, 2.05) is 0 Å². The Kier molecular flexibility index (Phi) is 4.67. The maximum absolute atomic E-state index is 3.55. The summed E-state index contributed by atoms with van der Waals surface area (Å²) in [6, 6.07) is 0. The fourth-order valence-electron chi connectivity index (χ4n) is 2.39. The largest absolute Gasteiger partial charge is 0.316 e. The molecule has 0 aromatic carbocycles. The predicted molar refractivity (Wildman–Crippen MR) is 54.3 cm³/mol. The van der Waals surface area contributed by atoms with Crippen molar-refractivity contribution in [3.8, 4) is 0 Å². The van der Waals surface area contributed by atoms with Crippen molar-refractivity contribution in [1.82, 2.24) is 5.32 Å². The SMILES string of the molecule is CCCC1CNCC(CCC)C1. The first-order valence-corrected chi connectivity index (χ1v) is 5.57. The molecule has 12 heavy (non-hydrogen) atoms. The van der Waals surface area contributed by atoms with Crippen LogP contribution in [0, 0.1) is 11.8 Å². The Hall–Kier alpha value is -0.0400. The minimum absolute atomic E-state index is 0.972. The highest BCUT2D eigenvalue weighted by Gasteiger charge is 2.19. The molecule has 1 saturated heterocycles. The maximum atomic E-state index is 3.55. The van der Waals surface area contributed by atoms with Crippen LogP contribution in [-0.4, -0.2) is 13.1 Å². The molecule has 1 nitrogen and oxygen atoms in total. The first-order valence-electron chi connectivity index (χ1n) is 5.57. The Morgan fingerprint density at radius 3 is 1.92 bits per heavy atom. The highest BCUT2D eigenvalue weighted by atomic mass is 14.9. The molecular weight excluding hydrogens is 146 g/mol. The molecule has 1 aliphatic heterocycles. The summed E-state index contributed by atoms with van der Waals surface area (Å²) < 4.78 is 0. The van der Waals surface area contributed by atoms with E-state index in [4.69, 9.17) is 0 Å².